The Kier molecular flexibility index (Phi) is 12.3. The van der Waals surface area contributed by atoms with E-state index in [1.165, 1.54) is 12.7 Å². The molecule has 0 fully saturated rings. The summed E-state index contributed by atoms with van der Waals surface area (Å²) in [6.45, 7) is 8.64. The molecule has 1 aromatic heterocycles. The number of aliphatic imine (C=N–C) groups is 1. The second-order valence-electron chi connectivity index (χ2n) is 6.49. The number of nitrogens with one attached hydrogen (secondary N) is 1. The van der Waals surface area contributed by atoms with E-state index in [1.807, 2.05) is 18.8 Å². The largest absolute Gasteiger partial charge is 0.469 e. The third-order valence-electron chi connectivity index (χ3n) is 3.87. The van der Waals surface area contributed by atoms with Crippen molar-refractivity contribution in [2.75, 3.05) is 27.2 Å². The fourth-order valence-electron chi connectivity index (χ4n) is 2.63. The monoisotopic (exact) mass is 479 g/mol. The minimum absolute atomic E-state index is 0. The number of aromatic nitrogens is 2. The first kappa shape index (κ1) is 24.7. The first-order valence-electron chi connectivity index (χ1n) is 8.97. The lowest BCUT2D eigenvalue weighted by molar-refractivity contribution is -0.140. The van der Waals surface area contributed by atoms with Crippen LogP contribution in [0.1, 0.15) is 57.2 Å². The Hall–Kier alpha value is -1.32. The summed E-state index contributed by atoms with van der Waals surface area (Å²) in [7, 11) is 5.41. The van der Waals surface area contributed by atoms with Crippen molar-refractivity contribution in [3.05, 3.63) is 17.5 Å². The molecule has 0 amide bonds. The van der Waals surface area contributed by atoms with E-state index in [-0.39, 0.29) is 29.9 Å². The normalized spacial score (nSPS) is 11.3. The predicted molar refractivity (Wildman–Crippen MR) is 116 cm³/mol. The van der Waals surface area contributed by atoms with E-state index < -0.39 is 0 Å². The summed E-state index contributed by atoms with van der Waals surface area (Å²) in [5.41, 5.74) is 2.35. The lowest BCUT2D eigenvalue weighted by atomic mass is 10.1. The van der Waals surface area contributed by atoms with Gasteiger partial charge in [-0.15, -0.1) is 24.0 Å². The standard InChI is InChI=1S/C18H33N5O2.HI/c1-7-19-18(20-11-9-8-10-16(24)25-6)22(4)12-15-13-23(5)21-17(15)14(2)3;/h13-14H,7-12H2,1-6H3,(H,19,20);1H. The average molecular weight is 479 g/mol. The van der Waals surface area contributed by atoms with Crippen LogP contribution in [0.15, 0.2) is 11.2 Å². The summed E-state index contributed by atoms with van der Waals surface area (Å²) in [5.74, 6) is 1.10. The number of hydrogen-bond acceptors (Lipinski definition) is 4. The molecule has 0 aliphatic heterocycles. The topological polar surface area (TPSA) is 71.8 Å². The lowest BCUT2D eigenvalue weighted by Gasteiger charge is -2.22. The number of carbonyl (C=O) groups excluding carboxylic acids is 1. The molecule has 150 valence electrons. The highest BCUT2D eigenvalue weighted by Gasteiger charge is 2.15. The third-order valence-corrected chi connectivity index (χ3v) is 3.87. The van der Waals surface area contributed by atoms with Crippen LogP contribution in [0.2, 0.25) is 0 Å². The zero-order chi connectivity index (χ0) is 18.8. The Balaban J connectivity index is 0.00000625. The fourth-order valence-corrected chi connectivity index (χ4v) is 2.63. The van der Waals surface area contributed by atoms with E-state index in [0.29, 0.717) is 18.9 Å². The quantitative estimate of drug-likeness (QED) is 0.194. The number of aryl methyl sites for hydroxylation is 1. The van der Waals surface area contributed by atoms with Gasteiger partial charge in [-0.25, -0.2) is 0 Å². The Morgan fingerprint density at radius 1 is 1.42 bits per heavy atom. The van der Waals surface area contributed by atoms with Gasteiger partial charge in [-0.2, -0.15) is 5.10 Å². The molecule has 1 aromatic rings. The van der Waals surface area contributed by atoms with Crippen molar-refractivity contribution >= 4 is 35.9 Å². The van der Waals surface area contributed by atoms with Crippen molar-refractivity contribution in [2.24, 2.45) is 12.0 Å². The lowest BCUT2D eigenvalue weighted by Crippen LogP contribution is -2.38. The van der Waals surface area contributed by atoms with Crippen LogP contribution in [0.5, 0.6) is 0 Å². The minimum atomic E-state index is -0.161. The van der Waals surface area contributed by atoms with Crippen LogP contribution in [0, 0.1) is 0 Å². The Bertz CT molecular complexity index is 572. The third kappa shape index (κ3) is 8.37. The van der Waals surface area contributed by atoms with Crippen molar-refractivity contribution in [3.63, 3.8) is 0 Å². The van der Waals surface area contributed by atoms with Gasteiger partial charge in [0.2, 0.25) is 0 Å². The highest BCUT2D eigenvalue weighted by Crippen LogP contribution is 2.18. The molecule has 0 atom stereocenters. The zero-order valence-corrected chi connectivity index (χ0v) is 19.2. The summed E-state index contributed by atoms with van der Waals surface area (Å²) < 4.78 is 6.52. The smallest absolute Gasteiger partial charge is 0.305 e. The molecule has 0 spiro atoms. The molecule has 0 saturated heterocycles. The zero-order valence-electron chi connectivity index (χ0n) is 16.9. The van der Waals surface area contributed by atoms with Gasteiger partial charge in [0, 0.05) is 51.9 Å². The van der Waals surface area contributed by atoms with Crippen molar-refractivity contribution in [1.82, 2.24) is 20.0 Å². The van der Waals surface area contributed by atoms with Gasteiger partial charge in [0.15, 0.2) is 5.96 Å². The van der Waals surface area contributed by atoms with Gasteiger partial charge >= 0.3 is 5.97 Å². The van der Waals surface area contributed by atoms with Gasteiger partial charge in [0.05, 0.1) is 12.8 Å². The van der Waals surface area contributed by atoms with Gasteiger partial charge in [0.25, 0.3) is 0 Å². The van der Waals surface area contributed by atoms with Crippen molar-refractivity contribution in [2.45, 2.75) is 52.5 Å². The number of unbranched alkanes of at least 4 members (excludes halogenated alkanes) is 1. The highest BCUT2D eigenvalue weighted by atomic mass is 127. The summed E-state index contributed by atoms with van der Waals surface area (Å²) in [6.07, 6.45) is 4.18. The first-order valence-corrected chi connectivity index (χ1v) is 8.97. The van der Waals surface area contributed by atoms with Crippen LogP contribution >= 0.6 is 24.0 Å². The van der Waals surface area contributed by atoms with E-state index in [4.69, 9.17) is 0 Å². The van der Waals surface area contributed by atoms with Gasteiger partial charge in [-0.05, 0) is 25.7 Å². The van der Waals surface area contributed by atoms with Gasteiger partial charge in [0.1, 0.15) is 0 Å². The van der Waals surface area contributed by atoms with Crippen molar-refractivity contribution in [3.8, 4) is 0 Å². The predicted octanol–water partition coefficient (Wildman–Crippen LogP) is 2.90. The number of halogens is 1. The molecule has 1 rings (SSSR count). The molecule has 0 saturated carbocycles. The van der Waals surface area contributed by atoms with Crippen LogP contribution in [0.4, 0.5) is 0 Å². The molecule has 1 heterocycles. The highest BCUT2D eigenvalue weighted by molar-refractivity contribution is 14.0. The van der Waals surface area contributed by atoms with E-state index in [9.17, 15) is 4.79 Å². The van der Waals surface area contributed by atoms with Gasteiger partial charge in [-0.1, -0.05) is 13.8 Å². The maximum atomic E-state index is 11.1. The molecule has 0 aromatic carbocycles. The fraction of sp³-hybridized carbons (Fsp3) is 0.722. The molecule has 0 bridgehead atoms. The van der Waals surface area contributed by atoms with Crippen LogP contribution in [0.3, 0.4) is 0 Å². The average Bonchev–Trinajstić information content (AvgIpc) is 2.93. The second-order valence-corrected chi connectivity index (χ2v) is 6.49. The van der Waals surface area contributed by atoms with Crippen LogP contribution in [-0.4, -0.2) is 53.9 Å². The summed E-state index contributed by atoms with van der Waals surface area (Å²) in [6, 6.07) is 0. The molecular weight excluding hydrogens is 445 g/mol. The van der Waals surface area contributed by atoms with Crippen LogP contribution < -0.4 is 5.32 Å². The SMILES string of the molecule is CCNC(=NCCCCC(=O)OC)N(C)Cc1cn(C)nc1C(C)C.I. The molecule has 1 N–H and O–H groups in total. The molecule has 0 aliphatic rings. The molecule has 26 heavy (non-hydrogen) atoms. The maximum Gasteiger partial charge on any atom is 0.305 e. The number of rotatable bonds is 9. The van der Waals surface area contributed by atoms with Gasteiger partial charge < -0.3 is 15.0 Å². The first-order chi connectivity index (χ1) is 11.9. The van der Waals surface area contributed by atoms with Crippen molar-refractivity contribution in [1.29, 1.82) is 0 Å². The summed E-state index contributed by atoms with van der Waals surface area (Å²) in [4.78, 5) is 17.9. The Morgan fingerprint density at radius 3 is 2.69 bits per heavy atom. The minimum Gasteiger partial charge on any atom is -0.469 e. The van der Waals surface area contributed by atoms with E-state index in [2.05, 4.69) is 52.0 Å². The molecular formula is C18H34IN5O2. The summed E-state index contributed by atoms with van der Waals surface area (Å²) in [5, 5.41) is 7.89. The van der Waals surface area contributed by atoms with Crippen molar-refractivity contribution < 1.29 is 9.53 Å². The van der Waals surface area contributed by atoms with Crippen LogP contribution in [-0.2, 0) is 23.1 Å². The molecule has 0 aliphatic carbocycles. The van der Waals surface area contributed by atoms with Gasteiger partial charge in [-0.3, -0.25) is 14.5 Å². The number of esters is 1. The number of guanidine groups is 1. The van der Waals surface area contributed by atoms with E-state index in [1.54, 1.807) is 0 Å². The number of hydrogen-bond donors (Lipinski definition) is 1. The number of methoxy groups -OCH3 is 1. The number of carbonyl (C=O) groups is 1. The molecule has 0 radical (unpaired) electrons. The maximum absolute atomic E-state index is 11.1. The number of nitrogens with zero attached hydrogens (tertiary/aromatic N) is 4. The Morgan fingerprint density at radius 2 is 2.12 bits per heavy atom. The molecule has 7 nitrogen and oxygen atoms in total. The molecule has 0 unspecified atom stereocenters. The summed E-state index contributed by atoms with van der Waals surface area (Å²) >= 11 is 0. The molecule has 8 heteroatoms. The second kappa shape index (κ2) is 12.9. The van der Waals surface area contributed by atoms with E-state index in [0.717, 1.165) is 37.6 Å². The van der Waals surface area contributed by atoms with Crippen LogP contribution in [0.25, 0.3) is 0 Å². The van der Waals surface area contributed by atoms with E-state index >= 15 is 0 Å². The Labute approximate surface area is 174 Å². The number of ether oxygens (including phenoxy) is 1.